The molecule has 2 aromatic rings. The third-order valence-electron chi connectivity index (χ3n) is 3.93. The Hall–Kier alpha value is -2.46. The molecule has 24 heavy (non-hydrogen) atoms. The van der Waals surface area contributed by atoms with Crippen LogP contribution in [0.25, 0.3) is 0 Å². The summed E-state index contributed by atoms with van der Waals surface area (Å²) >= 11 is 3.29. The number of nitriles is 1. The highest BCUT2D eigenvalue weighted by molar-refractivity contribution is 9.10. The number of anilines is 1. The largest absolute Gasteiger partial charge is 0.352 e. The maximum Gasteiger partial charge on any atom is 0.255 e. The van der Waals surface area contributed by atoms with Gasteiger partial charge in [0.05, 0.1) is 11.1 Å². The zero-order valence-electron chi connectivity index (χ0n) is 12.7. The van der Waals surface area contributed by atoms with E-state index in [1.165, 1.54) is 18.2 Å². The molecule has 0 bridgehead atoms. The van der Waals surface area contributed by atoms with Crippen LogP contribution in [0.5, 0.6) is 0 Å². The van der Waals surface area contributed by atoms with Gasteiger partial charge in [-0.05, 0) is 46.3 Å². The predicted octanol–water partition coefficient (Wildman–Crippen LogP) is 2.82. The molecule has 1 aliphatic rings. The fourth-order valence-electron chi connectivity index (χ4n) is 2.69. The fourth-order valence-corrected chi connectivity index (χ4v) is 3.11. The molecule has 1 amide bonds. The maximum atomic E-state index is 13.4. The fraction of sp³-hybridized carbons (Fsp3) is 0.235. The summed E-state index contributed by atoms with van der Waals surface area (Å²) in [5, 5.41) is 9.17. The van der Waals surface area contributed by atoms with Crippen molar-refractivity contribution < 1.29 is 9.18 Å². The second-order valence-electron chi connectivity index (χ2n) is 5.39. The monoisotopic (exact) mass is 388 g/mol. The van der Waals surface area contributed by atoms with Crippen molar-refractivity contribution in [3.8, 4) is 6.07 Å². The van der Waals surface area contributed by atoms with Gasteiger partial charge in [-0.2, -0.15) is 5.26 Å². The predicted molar refractivity (Wildman–Crippen MR) is 91.2 cm³/mol. The van der Waals surface area contributed by atoms with Gasteiger partial charge in [0.1, 0.15) is 17.7 Å². The van der Waals surface area contributed by atoms with Crippen LogP contribution in [0.1, 0.15) is 15.9 Å². The first-order valence-corrected chi connectivity index (χ1v) is 8.24. The van der Waals surface area contributed by atoms with Crippen LogP contribution in [-0.2, 0) is 0 Å². The molecule has 0 N–H and O–H groups in total. The zero-order valence-corrected chi connectivity index (χ0v) is 14.3. The first-order valence-electron chi connectivity index (χ1n) is 7.44. The van der Waals surface area contributed by atoms with Crippen molar-refractivity contribution in [2.75, 3.05) is 31.1 Å². The lowest BCUT2D eigenvalue weighted by Gasteiger charge is -2.35. The van der Waals surface area contributed by atoms with E-state index in [9.17, 15) is 14.4 Å². The number of amides is 1. The molecule has 0 aliphatic carbocycles. The molecular formula is C17H14BrFN4O. The number of hydrogen-bond donors (Lipinski definition) is 0. The number of aromatic nitrogens is 1. The summed E-state index contributed by atoms with van der Waals surface area (Å²) in [5.74, 6) is -0.00563. The van der Waals surface area contributed by atoms with Crippen molar-refractivity contribution in [2.24, 2.45) is 0 Å². The van der Waals surface area contributed by atoms with Crippen LogP contribution in [0.4, 0.5) is 10.2 Å². The summed E-state index contributed by atoms with van der Waals surface area (Å²) in [6.07, 6.45) is 1.65. The molecular weight excluding hydrogens is 375 g/mol. The number of halogens is 2. The van der Waals surface area contributed by atoms with Crippen molar-refractivity contribution in [3.05, 3.63) is 57.9 Å². The van der Waals surface area contributed by atoms with Crippen LogP contribution < -0.4 is 4.90 Å². The van der Waals surface area contributed by atoms with Gasteiger partial charge >= 0.3 is 0 Å². The van der Waals surface area contributed by atoms with Gasteiger partial charge in [-0.25, -0.2) is 9.37 Å². The Balaban J connectivity index is 1.72. The van der Waals surface area contributed by atoms with Crippen molar-refractivity contribution in [1.29, 1.82) is 5.26 Å². The van der Waals surface area contributed by atoms with E-state index in [2.05, 4.69) is 27.0 Å². The second-order valence-corrected chi connectivity index (χ2v) is 6.24. The SMILES string of the molecule is N#Cc1cccnc1N1CCN(C(=O)c2cc(F)ccc2Br)CC1. The first-order chi connectivity index (χ1) is 11.6. The van der Waals surface area contributed by atoms with Gasteiger partial charge in [0.25, 0.3) is 5.91 Å². The molecule has 1 aromatic carbocycles. The van der Waals surface area contributed by atoms with E-state index in [-0.39, 0.29) is 5.91 Å². The second kappa shape index (κ2) is 6.97. The van der Waals surface area contributed by atoms with Crippen molar-refractivity contribution in [3.63, 3.8) is 0 Å². The van der Waals surface area contributed by atoms with Gasteiger partial charge in [0.2, 0.25) is 0 Å². The Morgan fingerprint density at radius 2 is 2.00 bits per heavy atom. The average molecular weight is 389 g/mol. The number of piperazine rings is 1. The van der Waals surface area contributed by atoms with Crippen molar-refractivity contribution in [2.45, 2.75) is 0 Å². The number of pyridine rings is 1. The van der Waals surface area contributed by atoms with Crippen LogP contribution in [-0.4, -0.2) is 42.0 Å². The summed E-state index contributed by atoms with van der Waals surface area (Å²) in [5.41, 5.74) is 0.837. The summed E-state index contributed by atoms with van der Waals surface area (Å²) < 4.78 is 14.0. The average Bonchev–Trinajstić information content (AvgIpc) is 2.63. The minimum atomic E-state index is -0.438. The van der Waals surface area contributed by atoms with E-state index >= 15 is 0 Å². The van der Waals surface area contributed by atoms with Crippen molar-refractivity contribution >= 4 is 27.7 Å². The molecule has 7 heteroatoms. The smallest absolute Gasteiger partial charge is 0.255 e. The number of benzene rings is 1. The topological polar surface area (TPSA) is 60.2 Å². The van der Waals surface area contributed by atoms with Gasteiger partial charge < -0.3 is 9.80 Å². The van der Waals surface area contributed by atoms with E-state index in [1.807, 2.05) is 4.90 Å². The summed E-state index contributed by atoms with van der Waals surface area (Å²) in [6.45, 7) is 2.13. The normalized spacial score (nSPS) is 14.4. The highest BCUT2D eigenvalue weighted by Gasteiger charge is 2.25. The van der Waals surface area contributed by atoms with E-state index in [1.54, 1.807) is 23.2 Å². The number of rotatable bonds is 2. The van der Waals surface area contributed by atoms with E-state index < -0.39 is 5.82 Å². The molecule has 1 aliphatic heterocycles. The lowest BCUT2D eigenvalue weighted by molar-refractivity contribution is 0.0745. The Morgan fingerprint density at radius 3 is 2.71 bits per heavy atom. The number of carbonyl (C=O) groups excluding carboxylic acids is 1. The molecule has 1 saturated heterocycles. The molecule has 2 heterocycles. The lowest BCUT2D eigenvalue weighted by atomic mass is 10.1. The Kier molecular flexibility index (Phi) is 4.76. The molecule has 0 saturated carbocycles. The van der Waals surface area contributed by atoms with Crippen LogP contribution in [0.2, 0.25) is 0 Å². The van der Waals surface area contributed by atoms with Crippen molar-refractivity contribution in [1.82, 2.24) is 9.88 Å². The quantitative estimate of drug-likeness (QED) is 0.793. The Labute approximate surface area is 147 Å². The highest BCUT2D eigenvalue weighted by Crippen LogP contribution is 2.22. The third kappa shape index (κ3) is 3.24. The van der Waals surface area contributed by atoms with Crippen LogP contribution in [0, 0.1) is 17.1 Å². The standard InChI is InChI=1S/C17H14BrFN4O/c18-15-4-3-13(19)10-14(15)17(24)23-8-6-22(7-9-23)16-12(11-20)2-1-5-21-16/h1-5,10H,6-9H2. The highest BCUT2D eigenvalue weighted by atomic mass is 79.9. The van der Waals surface area contributed by atoms with Crippen LogP contribution >= 0.6 is 15.9 Å². The summed E-state index contributed by atoms with van der Waals surface area (Å²) in [6, 6.07) is 9.67. The van der Waals surface area contributed by atoms with E-state index in [4.69, 9.17) is 0 Å². The summed E-state index contributed by atoms with van der Waals surface area (Å²) in [4.78, 5) is 20.5. The third-order valence-corrected chi connectivity index (χ3v) is 4.62. The van der Waals surface area contributed by atoms with Crippen LogP contribution in [0.15, 0.2) is 41.0 Å². The van der Waals surface area contributed by atoms with Gasteiger partial charge in [-0.1, -0.05) is 0 Å². The molecule has 1 aromatic heterocycles. The maximum absolute atomic E-state index is 13.4. The van der Waals surface area contributed by atoms with E-state index in [0.29, 0.717) is 47.6 Å². The first kappa shape index (κ1) is 16.4. The zero-order chi connectivity index (χ0) is 17.1. The Morgan fingerprint density at radius 1 is 1.25 bits per heavy atom. The minimum Gasteiger partial charge on any atom is -0.352 e. The van der Waals surface area contributed by atoms with Crippen LogP contribution in [0.3, 0.4) is 0 Å². The Bertz CT molecular complexity index is 812. The minimum absolute atomic E-state index is 0.206. The van der Waals surface area contributed by atoms with Gasteiger partial charge in [0.15, 0.2) is 0 Å². The number of nitrogens with zero attached hydrogens (tertiary/aromatic N) is 4. The number of carbonyl (C=O) groups is 1. The molecule has 122 valence electrons. The molecule has 0 unspecified atom stereocenters. The molecule has 1 fully saturated rings. The van der Waals surface area contributed by atoms with Gasteiger partial charge in [-0.3, -0.25) is 4.79 Å². The molecule has 5 nitrogen and oxygen atoms in total. The summed E-state index contributed by atoms with van der Waals surface area (Å²) in [7, 11) is 0. The molecule has 3 rings (SSSR count). The molecule has 0 spiro atoms. The number of hydrogen-bond acceptors (Lipinski definition) is 4. The molecule has 0 radical (unpaired) electrons. The van der Waals surface area contributed by atoms with Gasteiger partial charge in [0, 0.05) is 36.8 Å². The van der Waals surface area contributed by atoms with E-state index in [0.717, 1.165) is 0 Å². The van der Waals surface area contributed by atoms with Gasteiger partial charge in [-0.15, -0.1) is 0 Å². The lowest BCUT2D eigenvalue weighted by Crippen LogP contribution is -2.49. The molecule has 0 atom stereocenters.